The summed E-state index contributed by atoms with van der Waals surface area (Å²) in [6.45, 7) is 1.33. The Morgan fingerprint density at radius 2 is 2.24 bits per heavy atom. The Bertz CT molecular complexity index is 474. The molecule has 2 N–H and O–H groups in total. The average Bonchev–Trinajstić information content (AvgIpc) is 2.24. The summed E-state index contributed by atoms with van der Waals surface area (Å²) in [7, 11) is 0. The van der Waals surface area contributed by atoms with E-state index in [-0.39, 0.29) is 24.4 Å². The first kappa shape index (κ1) is 10.3. The van der Waals surface area contributed by atoms with E-state index in [1.54, 1.807) is 0 Å². The lowest BCUT2D eigenvalue weighted by molar-refractivity contribution is -0.118. The first-order chi connectivity index (χ1) is 8.22. The van der Waals surface area contributed by atoms with Crippen LogP contribution < -0.4 is 20.1 Å². The van der Waals surface area contributed by atoms with Gasteiger partial charge < -0.3 is 20.1 Å². The number of hydrogen-bond donors (Lipinski definition) is 2. The van der Waals surface area contributed by atoms with Crippen molar-refractivity contribution in [2.24, 2.45) is 0 Å². The summed E-state index contributed by atoms with van der Waals surface area (Å²) in [6.07, 6.45) is -0.0113. The molecule has 2 heterocycles. The number of carbonyl (C=O) groups is 1. The maximum atomic E-state index is 13.7. The fourth-order valence-electron chi connectivity index (χ4n) is 1.70. The molecule has 6 heteroatoms. The average molecular weight is 238 g/mol. The van der Waals surface area contributed by atoms with Gasteiger partial charge in [-0.2, -0.15) is 0 Å². The lowest BCUT2D eigenvalue weighted by atomic mass is 10.2. The van der Waals surface area contributed by atoms with Gasteiger partial charge in [0.15, 0.2) is 18.2 Å². The van der Waals surface area contributed by atoms with Gasteiger partial charge in [-0.1, -0.05) is 0 Å². The van der Waals surface area contributed by atoms with Crippen molar-refractivity contribution in [2.45, 2.75) is 6.10 Å². The molecule has 0 aliphatic carbocycles. The van der Waals surface area contributed by atoms with E-state index in [0.717, 1.165) is 0 Å². The number of halogens is 1. The van der Waals surface area contributed by atoms with Gasteiger partial charge >= 0.3 is 0 Å². The summed E-state index contributed by atoms with van der Waals surface area (Å²) in [5, 5.41) is 5.64. The molecule has 3 rings (SSSR count). The maximum Gasteiger partial charge on any atom is 0.262 e. The van der Waals surface area contributed by atoms with Crippen LogP contribution in [0.1, 0.15) is 0 Å². The SMILES string of the molecule is O=C1COc2cc(F)c(OC3CNC3)cc2N1. The number of amides is 1. The second-order valence-corrected chi connectivity index (χ2v) is 4.01. The highest BCUT2D eigenvalue weighted by molar-refractivity contribution is 5.95. The first-order valence-corrected chi connectivity index (χ1v) is 5.36. The largest absolute Gasteiger partial charge is 0.485 e. The van der Waals surface area contributed by atoms with Crippen LogP contribution in [0.15, 0.2) is 12.1 Å². The van der Waals surface area contributed by atoms with Crippen LogP contribution in [0, 0.1) is 5.82 Å². The molecule has 0 bridgehead atoms. The van der Waals surface area contributed by atoms with Gasteiger partial charge in [0, 0.05) is 25.2 Å². The zero-order valence-electron chi connectivity index (χ0n) is 8.96. The van der Waals surface area contributed by atoms with E-state index in [9.17, 15) is 9.18 Å². The number of ether oxygens (including phenoxy) is 2. The Labute approximate surface area is 96.9 Å². The van der Waals surface area contributed by atoms with E-state index in [1.165, 1.54) is 12.1 Å². The molecule has 17 heavy (non-hydrogen) atoms. The van der Waals surface area contributed by atoms with Crippen LogP contribution in [0.3, 0.4) is 0 Å². The molecule has 0 spiro atoms. The fourth-order valence-corrected chi connectivity index (χ4v) is 1.70. The molecule has 0 aromatic heterocycles. The molecule has 0 saturated carbocycles. The zero-order valence-corrected chi connectivity index (χ0v) is 8.96. The summed E-state index contributed by atoms with van der Waals surface area (Å²) in [5.41, 5.74) is 0.449. The van der Waals surface area contributed by atoms with Crippen molar-refractivity contribution in [3.05, 3.63) is 17.9 Å². The molecule has 5 nitrogen and oxygen atoms in total. The molecule has 1 saturated heterocycles. The van der Waals surface area contributed by atoms with E-state index >= 15 is 0 Å². The van der Waals surface area contributed by atoms with E-state index < -0.39 is 5.82 Å². The van der Waals surface area contributed by atoms with Crippen molar-refractivity contribution in [2.75, 3.05) is 25.0 Å². The number of fused-ring (bicyclic) bond motifs is 1. The van der Waals surface area contributed by atoms with Crippen molar-refractivity contribution >= 4 is 11.6 Å². The smallest absolute Gasteiger partial charge is 0.262 e. The Kier molecular flexibility index (Phi) is 2.36. The van der Waals surface area contributed by atoms with Gasteiger partial charge in [-0.25, -0.2) is 4.39 Å². The zero-order chi connectivity index (χ0) is 11.8. The lowest BCUT2D eigenvalue weighted by Crippen LogP contribution is -2.50. The monoisotopic (exact) mass is 238 g/mol. The molecule has 1 amide bonds. The third-order valence-corrected chi connectivity index (χ3v) is 2.70. The Hall–Kier alpha value is -1.82. The number of nitrogens with one attached hydrogen (secondary N) is 2. The standard InChI is InChI=1S/C11H11FN2O3/c12-7-1-10-8(14-11(15)5-16-10)2-9(7)17-6-3-13-4-6/h1-2,6,13H,3-5H2,(H,14,15). The molecule has 1 fully saturated rings. The van der Waals surface area contributed by atoms with Gasteiger partial charge in [-0.3, -0.25) is 4.79 Å². The Balaban J connectivity index is 1.88. The minimum absolute atomic E-state index is 0.0113. The van der Waals surface area contributed by atoms with Gasteiger partial charge in [0.1, 0.15) is 11.9 Å². The quantitative estimate of drug-likeness (QED) is 0.788. The second-order valence-electron chi connectivity index (χ2n) is 4.01. The number of rotatable bonds is 2. The summed E-state index contributed by atoms with van der Waals surface area (Å²) in [6, 6.07) is 2.69. The van der Waals surface area contributed by atoms with Crippen LogP contribution >= 0.6 is 0 Å². The third-order valence-electron chi connectivity index (χ3n) is 2.70. The molecule has 2 aliphatic heterocycles. The van der Waals surface area contributed by atoms with Crippen LogP contribution in [0.25, 0.3) is 0 Å². The predicted molar refractivity (Wildman–Crippen MR) is 57.8 cm³/mol. The summed E-state index contributed by atoms with van der Waals surface area (Å²) in [5.74, 6) is -0.255. The minimum atomic E-state index is -0.480. The lowest BCUT2D eigenvalue weighted by Gasteiger charge is -2.28. The summed E-state index contributed by atoms with van der Waals surface area (Å²) >= 11 is 0. The van der Waals surface area contributed by atoms with Crippen LogP contribution in [-0.4, -0.2) is 31.7 Å². The van der Waals surface area contributed by atoms with Crippen LogP contribution in [-0.2, 0) is 4.79 Å². The van der Waals surface area contributed by atoms with Crippen molar-refractivity contribution < 1.29 is 18.7 Å². The number of hydrogen-bond acceptors (Lipinski definition) is 4. The highest BCUT2D eigenvalue weighted by atomic mass is 19.1. The normalized spacial score (nSPS) is 18.8. The van der Waals surface area contributed by atoms with E-state index in [0.29, 0.717) is 24.5 Å². The summed E-state index contributed by atoms with van der Waals surface area (Å²) in [4.78, 5) is 11.1. The van der Waals surface area contributed by atoms with Gasteiger partial charge in [0.2, 0.25) is 0 Å². The van der Waals surface area contributed by atoms with Crippen molar-refractivity contribution in [1.29, 1.82) is 0 Å². The molecule has 1 aromatic rings. The second kappa shape index (κ2) is 3.89. The van der Waals surface area contributed by atoms with E-state index in [2.05, 4.69) is 10.6 Å². The minimum Gasteiger partial charge on any atom is -0.485 e. The van der Waals surface area contributed by atoms with E-state index in [4.69, 9.17) is 9.47 Å². The number of benzene rings is 1. The highest BCUT2D eigenvalue weighted by Crippen LogP contribution is 2.34. The maximum absolute atomic E-state index is 13.7. The highest BCUT2D eigenvalue weighted by Gasteiger charge is 2.23. The van der Waals surface area contributed by atoms with Gasteiger partial charge in [-0.15, -0.1) is 0 Å². The third kappa shape index (κ3) is 1.91. The molecule has 0 atom stereocenters. The predicted octanol–water partition coefficient (Wildman–Crippen LogP) is 0.507. The van der Waals surface area contributed by atoms with Crippen LogP contribution in [0.2, 0.25) is 0 Å². The van der Waals surface area contributed by atoms with Gasteiger partial charge in [0.25, 0.3) is 5.91 Å². The molecule has 2 aliphatic rings. The van der Waals surface area contributed by atoms with Crippen LogP contribution in [0.5, 0.6) is 11.5 Å². The van der Waals surface area contributed by atoms with Gasteiger partial charge in [0.05, 0.1) is 5.69 Å². The topological polar surface area (TPSA) is 59.6 Å². The molecule has 1 aromatic carbocycles. The van der Waals surface area contributed by atoms with E-state index in [1.807, 2.05) is 0 Å². The van der Waals surface area contributed by atoms with Crippen molar-refractivity contribution in [3.8, 4) is 11.5 Å². The Morgan fingerprint density at radius 3 is 2.94 bits per heavy atom. The number of anilines is 1. The van der Waals surface area contributed by atoms with Crippen LogP contribution in [0.4, 0.5) is 10.1 Å². The number of carbonyl (C=O) groups excluding carboxylic acids is 1. The first-order valence-electron chi connectivity index (χ1n) is 5.36. The van der Waals surface area contributed by atoms with Gasteiger partial charge in [-0.05, 0) is 0 Å². The molecule has 0 unspecified atom stereocenters. The molecule has 0 radical (unpaired) electrons. The summed E-state index contributed by atoms with van der Waals surface area (Å²) < 4.78 is 24.2. The molecule has 90 valence electrons. The molecular weight excluding hydrogens is 227 g/mol. The van der Waals surface area contributed by atoms with Crippen molar-refractivity contribution in [3.63, 3.8) is 0 Å². The Morgan fingerprint density at radius 1 is 1.41 bits per heavy atom. The van der Waals surface area contributed by atoms with Crippen molar-refractivity contribution in [1.82, 2.24) is 5.32 Å². The molecular formula is C11H11FN2O3. The fraction of sp³-hybridized carbons (Fsp3) is 0.364.